The summed E-state index contributed by atoms with van der Waals surface area (Å²) in [6.45, 7) is 12.0. The summed E-state index contributed by atoms with van der Waals surface area (Å²) in [7, 11) is 0. The highest BCUT2D eigenvalue weighted by atomic mass is 16.5. The average molecular weight is 440 g/mol. The lowest BCUT2D eigenvalue weighted by Gasteiger charge is -2.20. The van der Waals surface area contributed by atoms with Crippen LogP contribution in [0.15, 0.2) is 47.6 Å². The number of ether oxygens (including phenoxy) is 2. The Balaban J connectivity index is 2.05. The zero-order valence-electron chi connectivity index (χ0n) is 19.6. The first-order chi connectivity index (χ1) is 15.2. The minimum Gasteiger partial charge on any atom is -0.490 e. The molecule has 7 heteroatoms. The van der Waals surface area contributed by atoms with Gasteiger partial charge < -0.3 is 14.8 Å². The number of hydrogen-bond acceptors (Lipinski definition) is 5. The molecule has 2 aromatic carbocycles. The fourth-order valence-electron chi connectivity index (χ4n) is 2.93. The third kappa shape index (κ3) is 7.41. The molecule has 2 aromatic rings. The van der Waals surface area contributed by atoms with Gasteiger partial charge in [-0.2, -0.15) is 5.10 Å². The lowest BCUT2D eigenvalue weighted by molar-refractivity contribution is -0.123. The van der Waals surface area contributed by atoms with Crippen LogP contribution in [0.25, 0.3) is 0 Å². The van der Waals surface area contributed by atoms with Gasteiger partial charge in [-0.05, 0) is 69.5 Å². The van der Waals surface area contributed by atoms with Crippen LogP contribution in [-0.2, 0) is 4.79 Å². The molecular formula is C25H33N3O4. The second-order valence-electron chi connectivity index (χ2n) is 8.10. The molecule has 0 saturated heterocycles. The SMILES string of the molecule is CCOc1cc(C=NNC(=O)C(NC(=O)c2ccc(C)cc2)C(C)C)ccc1OC(C)C. The lowest BCUT2D eigenvalue weighted by Crippen LogP contribution is -2.48. The van der Waals surface area contributed by atoms with E-state index in [4.69, 9.17) is 9.47 Å². The Morgan fingerprint density at radius 2 is 1.72 bits per heavy atom. The molecular weight excluding hydrogens is 406 g/mol. The molecule has 2 N–H and O–H groups in total. The summed E-state index contributed by atoms with van der Waals surface area (Å²) in [5.41, 5.74) is 4.83. The summed E-state index contributed by atoms with van der Waals surface area (Å²) in [4.78, 5) is 25.2. The van der Waals surface area contributed by atoms with Crippen molar-refractivity contribution in [1.29, 1.82) is 0 Å². The van der Waals surface area contributed by atoms with E-state index in [0.717, 1.165) is 11.1 Å². The van der Waals surface area contributed by atoms with Gasteiger partial charge in [0.05, 0.1) is 18.9 Å². The molecule has 0 spiro atoms. The number of aryl methyl sites for hydroxylation is 1. The molecule has 0 saturated carbocycles. The van der Waals surface area contributed by atoms with E-state index in [9.17, 15) is 9.59 Å². The Labute approximate surface area is 190 Å². The molecule has 2 rings (SSSR count). The molecule has 1 atom stereocenters. The summed E-state index contributed by atoms with van der Waals surface area (Å²) in [6.07, 6.45) is 1.55. The van der Waals surface area contributed by atoms with E-state index in [-0.39, 0.29) is 23.8 Å². The van der Waals surface area contributed by atoms with Crippen LogP contribution < -0.4 is 20.2 Å². The minimum absolute atomic E-state index is 0.0242. The topological polar surface area (TPSA) is 89.0 Å². The Hall–Kier alpha value is -3.35. The highest BCUT2D eigenvalue weighted by Gasteiger charge is 2.24. The molecule has 0 fully saturated rings. The molecule has 0 heterocycles. The highest BCUT2D eigenvalue weighted by Crippen LogP contribution is 2.28. The molecule has 0 aromatic heterocycles. The summed E-state index contributed by atoms with van der Waals surface area (Å²) < 4.78 is 11.4. The van der Waals surface area contributed by atoms with E-state index < -0.39 is 6.04 Å². The smallest absolute Gasteiger partial charge is 0.262 e. The van der Waals surface area contributed by atoms with Crippen molar-refractivity contribution in [3.05, 3.63) is 59.2 Å². The molecule has 0 aliphatic rings. The van der Waals surface area contributed by atoms with Crippen LogP contribution >= 0.6 is 0 Å². The number of hydrogen-bond donors (Lipinski definition) is 2. The first kappa shape index (κ1) is 24.9. The van der Waals surface area contributed by atoms with Gasteiger partial charge in [0.25, 0.3) is 11.8 Å². The second-order valence-corrected chi connectivity index (χ2v) is 8.10. The molecule has 0 aliphatic carbocycles. The molecule has 7 nitrogen and oxygen atoms in total. The average Bonchev–Trinajstić information content (AvgIpc) is 2.73. The van der Waals surface area contributed by atoms with E-state index in [2.05, 4.69) is 15.8 Å². The summed E-state index contributed by atoms with van der Waals surface area (Å²) in [5, 5.41) is 6.85. The fourth-order valence-corrected chi connectivity index (χ4v) is 2.93. The molecule has 0 radical (unpaired) electrons. The van der Waals surface area contributed by atoms with Gasteiger partial charge in [0.15, 0.2) is 11.5 Å². The second kappa shape index (κ2) is 11.9. The van der Waals surface area contributed by atoms with Crippen molar-refractivity contribution in [2.45, 2.75) is 53.7 Å². The zero-order valence-corrected chi connectivity index (χ0v) is 19.6. The Morgan fingerprint density at radius 3 is 2.31 bits per heavy atom. The van der Waals surface area contributed by atoms with E-state index in [1.165, 1.54) is 6.21 Å². The Bertz CT molecular complexity index is 937. The van der Waals surface area contributed by atoms with Crippen LogP contribution in [0.1, 0.15) is 56.1 Å². The molecule has 32 heavy (non-hydrogen) atoms. The predicted molar refractivity (Wildman–Crippen MR) is 126 cm³/mol. The molecule has 2 amide bonds. The molecule has 0 bridgehead atoms. The van der Waals surface area contributed by atoms with Crippen LogP contribution in [0, 0.1) is 12.8 Å². The molecule has 1 unspecified atom stereocenters. The third-order valence-corrected chi connectivity index (χ3v) is 4.57. The third-order valence-electron chi connectivity index (χ3n) is 4.57. The van der Waals surface area contributed by atoms with Gasteiger partial charge in [0, 0.05) is 5.56 Å². The van der Waals surface area contributed by atoms with E-state index in [1.54, 1.807) is 18.2 Å². The summed E-state index contributed by atoms with van der Waals surface area (Å²) >= 11 is 0. The van der Waals surface area contributed by atoms with Crippen LogP contribution in [-0.4, -0.2) is 36.8 Å². The summed E-state index contributed by atoms with van der Waals surface area (Å²) in [6, 6.07) is 11.9. The van der Waals surface area contributed by atoms with E-state index in [1.807, 2.05) is 65.8 Å². The van der Waals surface area contributed by atoms with Crippen molar-refractivity contribution >= 4 is 18.0 Å². The maximum Gasteiger partial charge on any atom is 0.262 e. The normalized spacial score (nSPS) is 12.1. The van der Waals surface area contributed by atoms with Crippen molar-refractivity contribution in [3.8, 4) is 11.5 Å². The number of amides is 2. The van der Waals surface area contributed by atoms with Crippen LogP contribution in [0.5, 0.6) is 11.5 Å². The highest BCUT2D eigenvalue weighted by molar-refractivity contribution is 5.97. The van der Waals surface area contributed by atoms with Gasteiger partial charge >= 0.3 is 0 Å². The first-order valence-corrected chi connectivity index (χ1v) is 10.8. The standard InChI is InChI=1S/C25H33N3O4/c1-7-31-22-14-19(10-13-21(22)32-17(4)5)15-26-28-25(30)23(16(2)3)27-24(29)20-11-8-18(6)9-12-20/h8-17,23H,7H2,1-6H3,(H,27,29)(H,28,30). The van der Waals surface area contributed by atoms with Gasteiger partial charge in [-0.3, -0.25) is 9.59 Å². The first-order valence-electron chi connectivity index (χ1n) is 10.8. The zero-order chi connectivity index (χ0) is 23.7. The van der Waals surface area contributed by atoms with Crippen molar-refractivity contribution < 1.29 is 19.1 Å². The number of hydrazone groups is 1. The minimum atomic E-state index is -0.721. The van der Waals surface area contributed by atoms with Crippen molar-refractivity contribution in [2.75, 3.05) is 6.61 Å². The maximum absolute atomic E-state index is 12.7. The van der Waals surface area contributed by atoms with Gasteiger partial charge in [-0.1, -0.05) is 31.5 Å². The van der Waals surface area contributed by atoms with E-state index in [0.29, 0.717) is 23.7 Å². The van der Waals surface area contributed by atoms with Crippen molar-refractivity contribution in [2.24, 2.45) is 11.0 Å². The number of carbonyl (C=O) groups excluding carboxylic acids is 2. The van der Waals surface area contributed by atoms with Gasteiger partial charge in [-0.15, -0.1) is 0 Å². The van der Waals surface area contributed by atoms with Crippen LogP contribution in [0.2, 0.25) is 0 Å². The fraction of sp³-hybridized carbons (Fsp3) is 0.400. The largest absolute Gasteiger partial charge is 0.490 e. The number of carbonyl (C=O) groups is 2. The Morgan fingerprint density at radius 1 is 1.03 bits per heavy atom. The van der Waals surface area contributed by atoms with Crippen LogP contribution in [0.3, 0.4) is 0 Å². The number of nitrogens with one attached hydrogen (secondary N) is 2. The van der Waals surface area contributed by atoms with Crippen molar-refractivity contribution in [1.82, 2.24) is 10.7 Å². The maximum atomic E-state index is 12.7. The van der Waals surface area contributed by atoms with Gasteiger partial charge in [0.2, 0.25) is 0 Å². The predicted octanol–water partition coefficient (Wildman–Crippen LogP) is 4.09. The molecule has 172 valence electrons. The number of rotatable bonds is 10. The van der Waals surface area contributed by atoms with Gasteiger partial charge in [-0.25, -0.2) is 5.43 Å². The quantitative estimate of drug-likeness (QED) is 0.431. The summed E-state index contributed by atoms with van der Waals surface area (Å²) in [5.74, 6) is 0.465. The van der Waals surface area contributed by atoms with Crippen LogP contribution in [0.4, 0.5) is 0 Å². The molecule has 0 aliphatic heterocycles. The monoisotopic (exact) mass is 439 g/mol. The van der Waals surface area contributed by atoms with Crippen molar-refractivity contribution in [3.63, 3.8) is 0 Å². The number of nitrogens with zero attached hydrogens (tertiary/aromatic N) is 1. The van der Waals surface area contributed by atoms with E-state index >= 15 is 0 Å². The number of benzene rings is 2. The Kier molecular flexibility index (Phi) is 9.25. The van der Waals surface area contributed by atoms with Gasteiger partial charge in [0.1, 0.15) is 6.04 Å². The lowest BCUT2D eigenvalue weighted by atomic mass is 10.0.